The molecule has 1 fully saturated rings. The Morgan fingerprint density at radius 2 is 1.86 bits per heavy atom. The lowest BCUT2D eigenvalue weighted by Crippen LogP contribution is -2.43. The third-order valence-electron chi connectivity index (χ3n) is 4.71. The molecule has 29 heavy (non-hydrogen) atoms. The van der Waals surface area contributed by atoms with Gasteiger partial charge in [-0.3, -0.25) is 4.79 Å². The molecule has 1 aliphatic rings. The van der Waals surface area contributed by atoms with Crippen LogP contribution in [0.2, 0.25) is 5.02 Å². The molecule has 1 amide bonds. The highest BCUT2D eigenvalue weighted by molar-refractivity contribution is 7.89. The van der Waals surface area contributed by atoms with Crippen LogP contribution in [0.15, 0.2) is 53.4 Å². The third-order valence-corrected chi connectivity index (χ3v) is 6.85. The molecule has 1 saturated heterocycles. The quantitative estimate of drug-likeness (QED) is 0.737. The number of halogens is 1. The Hall–Kier alpha value is -2.09. The number of carbonyl (C=O) groups excluding carboxylic acids is 1. The SMILES string of the molecule is CC(C)Oc1ccccc1NC(=O)C1CCCN(S(=O)(=O)c2ccc(Cl)cc2)C1. The number of nitrogens with zero attached hydrogens (tertiary/aromatic N) is 1. The Balaban J connectivity index is 1.72. The van der Waals surface area contributed by atoms with Crippen molar-refractivity contribution in [3.63, 3.8) is 0 Å². The van der Waals surface area contributed by atoms with Crippen LogP contribution in [-0.2, 0) is 14.8 Å². The highest BCUT2D eigenvalue weighted by atomic mass is 35.5. The van der Waals surface area contributed by atoms with E-state index in [1.54, 1.807) is 24.3 Å². The summed E-state index contributed by atoms with van der Waals surface area (Å²) < 4.78 is 33.0. The molecule has 0 bridgehead atoms. The number of sulfonamides is 1. The van der Waals surface area contributed by atoms with Gasteiger partial charge in [0.25, 0.3) is 0 Å². The predicted molar refractivity (Wildman–Crippen MR) is 114 cm³/mol. The lowest BCUT2D eigenvalue weighted by molar-refractivity contribution is -0.120. The third kappa shape index (κ3) is 5.29. The number of amides is 1. The van der Waals surface area contributed by atoms with Crippen molar-refractivity contribution in [2.75, 3.05) is 18.4 Å². The number of hydrogen-bond donors (Lipinski definition) is 1. The van der Waals surface area contributed by atoms with Crippen molar-refractivity contribution >= 4 is 33.2 Å². The van der Waals surface area contributed by atoms with Gasteiger partial charge in [-0.25, -0.2) is 8.42 Å². The molecule has 1 atom stereocenters. The van der Waals surface area contributed by atoms with E-state index in [0.29, 0.717) is 35.8 Å². The topological polar surface area (TPSA) is 75.7 Å². The fourth-order valence-electron chi connectivity index (χ4n) is 3.29. The molecule has 1 aliphatic heterocycles. The van der Waals surface area contributed by atoms with Gasteiger partial charge in [-0.05, 0) is 63.1 Å². The summed E-state index contributed by atoms with van der Waals surface area (Å²) in [6, 6.07) is 13.3. The van der Waals surface area contributed by atoms with Crippen LogP contribution in [0.1, 0.15) is 26.7 Å². The zero-order valence-electron chi connectivity index (χ0n) is 16.5. The van der Waals surface area contributed by atoms with Gasteiger partial charge >= 0.3 is 0 Å². The molecular formula is C21H25ClN2O4S. The summed E-state index contributed by atoms with van der Waals surface area (Å²) in [6.45, 7) is 4.37. The maximum atomic E-state index is 12.9. The molecule has 1 unspecified atom stereocenters. The highest BCUT2D eigenvalue weighted by Crippen LogP contribution is 2.28. The number of hydrogen-bond acceptors (Lipinski definition) is 4. The molecule has 0 saturated carbocycles. The average Bonchev–Trinajstić information content (AvgIpc) is 2.69. The molecule has 0 aromatic heterocycles. The van der Waals surface area contributed by atoms with Crippen molar-refractivity contribution < 1.29 is 17.9 Å². The van der Waals surface area contributed by atoms with E-state index in [1.165, 1.54) is 16.4 Å². The van der Waals surface area contributed by atoms with Gasteiger partial charge < -0.3 is 10.1 Å². The lowest BCUT2D eigenvalue weighted by atomic mass is 9.98. The molecular weight excluding hydrogens is 412 g/mol. The van der Waals surface area contributed by atoms with Crippen molar-refractivity contribution in [2.45, 2.75) is 37.7 Å². The molecule has 0 aliphatic carbocycles. The summed E-state index contributed by atoms with van der Waals surface area (Å²) in [5, 5.41) is 3.38. The maximum absolute atomic E-state index is 12.9. The first-order valence-electron chi connectivity index (χ1n) is 9.59. The molecule has 6 nitrogen and oxygen atoms in total. The molecule has 3 rings (SSSR count). The summed E-state index contributed by atoms with van der Waals surface area (Å²) >= 11 is 5.86. The summed E-state index contributed by atoms with van der Waals surface area (Å²) in [5.41, 5.74) is 0.587. The highest BCUT2D eigenvalue weighted by Gasteiger charge is 2.33. The van der Waals surface area contributed by atoms with E-state index in [1.807, 2.05) is 26.0 Å². The molecule has 1 heterocycles. The molecule has 2 aromatic rings. The van der Waals surface area contributed by atoms with Crippen LogP contribution in [0.5, 0.6) is 5.75 Å². The molecule has 0 radical (unpaired) electrons. The summed E-state index contributed by atoms with van der Waals surface area (Å²) in [7, 11) is -3.67. The zero-order chi connectivity index (χ0) is 21.0. The second kappa shape index (κ2) is 9.15. The van der Waals surface area contributed by atoms with E-state index in [-0.39, 0.29) is 23.5 Å². The van der Waals surface area contributed by atoms with E-state index in [4.69, 9.17) is 16.3 Å². The Bertz CT molecular complexity index is 961. The zero-order valence-corrected chi connectivity index (χ0v) is 18.0. The first kappa shape index (κ1) is 21.6. The number of piperidine rings is 1. The second-order valence-corrected chi connectivity index (χ2v) is 9.68. The van der Waals surface area contributed by atoms with Crippen molar-refractivity contribution in [1.82, 2.24) is 4.31 Å². The van der Waals surface area contributed by atoms with Crippen LogP contribution in [0.3, 0.4) is 0 Å². The largest absolute Gasteiger partial charge is 0.489 e. The first-order chi connectivity index (χ1) is 13.8. The molecule has 156 valence electrons. The van der Waals surface area contributed by atoms with Gasteiger partial charge in [0, 0.05) is 18.1 Å². The smallest absolute Gasteiger partial charge is 0.243 e. The maximum Gasteiger partial charge on any atom is 0.243 e. The second-order valence-electron chi connectivity index (χ2n) is 7.31. The van der Waals surface area contributed by atoms with Gasteiger partial charge in [-0.2, -0.15) is 4.31 Å². The number of benzene rings is 2. The normalized spacial score (nSPS) is 17.9. The Morgan fingerprint density at radius 1 is 1.17 bits per heavy atom. The minimum atomic E-state index is -3.67. The van der Waals surface area contributed by atoms with Gasteiger partial charge in [0.2, 0.25) is 15.9 Å². The molecule has 1 N–H and O–H groups in total. The van der Waals surface area contributed by atoms with E-state index < -0.39 is 15.9 Å². The van der Waals surface area contributed by atoms with Crippen molar-refractivity contribution in [3.05, 3.63) is 53.6 Å². The van der Waals surface area contributed by atoms with E-state index in [2.05, 4.69) is 5.32 Å². The first-order valence-corrected chi connectivity index (χ1v) is 11.4. The number of carbonyl (C=O) groups is 1. The monoisotopic (exact) mass is 436 g/mol. The van der Waals surface area contributed by atoms with Gasteiger partial charge in [-0.1, -0.05) is 23.7 Å². The van der Waals surface area contributed by atoms with Crippen LogP contribution in [-0.4, -0.2) is 37.8 Å². The van der Waals surface area contributed by atoms with Crippen molar-refractivity contribution in [2.24, 2.45) is 5.92 Å². The van der Waals surface area contributed by atoms with Gasteiger partial charge in [0.1, 0.15) is 5.75 Å². The number of para-hydroxylation sites is 2. The van der Waals surface area contributed by atoms with Gasteiger partial charge in [0.05, 0.1) is 22.6 Å². The molecule has 2 aromatic carbocycles. The fraction of sp³-hybridized carbons (Fsp3) is 0.381. The Labute approximate surface area is 176 Å². The van der Waals surface area contributed by atoms with E-state index >= 15 is 0 Å². The van der Waals surface area contributed by atoms with Crippen LogP contribution >= 0.6 is 11.6 Å². The number of anilines is 1. The minimum absolute atomic E-state index is 0.0252. The summed E-state index contributed by atoms with van der Waals surface area (Å²) in [5.74, 6) is -0.0453. The van der Waals surface area contributed by atoms with Crippen molar-refractivity contribution in [3.8, 4) is 5.75 Å². The van der Waals surface area contributed by atoms with Crippen LogP contribution < -0.4 is 10.1 Å². The van der Waals surface area contributed by atoms with Crippen molar-refractivity contribution in [1.29, 1.82) is 0 Å². The predicted octanol–water partition coefficient (Wildman–Crippen LogP) is 4.17. The Morgan fingerprint density at radius 3 is 2.55 bits per heavy atom. The number of nitrogens with one attached hydrogen (secondary N) is 1. The number of ether oxygens (including phenoxy) is 1. The Kier molecular flexibility index (Phi) is 6.82. The summed E-state index contributed by atoms with van der Waals surface area (Å²) in [4.78, 5) is 13.0. The van der Waals surface area contributed by atoms with Crippen LogP contribution in [0.4, 0.5) is 5.69 Å². The standard InChI is InChI=1S/C21H25ClN2O4S/c1-15(2)28-20-8-4-3-7-19(20)23-21(25)16-6-5-13-24(14-16)29(26,27)18-11-9-17(22)10-12-18/h3-4,7-12,15-16H,5-6,13-14H2,1-2H3,(H,23,25). The average molecular weight is 437 g/mol. The lowest BCUT2D eigenvalue weighted by Gasteiger charge is -2.31. The van der Waals surface area contributed by atoms with Gasteiger partial charge in [0.15, 0.2) is 0 Å². The molecule has 8 heteroatoms. The van der Waals surface area contributed by atoms with E-state index in [9.17, 15) is 13.2 Å². The number of rotatable bonds is 6. The van der Waals surface area contributed by atoms with Crippen LogP contribution in [0.25, 0.3) is 0 Å². The fourth-order valence-corrected chi connectivity index (χ4v) is 4.94. The van der Waals surface area contributed by atoms with Gasteiger partial charge in [-0.15, -0.1) is 0 Å². The minimum Gasteiger partial charge on any atom is -0.489 e. The summed E-state index contributed by atoms with van der Waals surface area (Å²) in [6.07, 6.45) is 1.23. The van der Waals surface area contributed by atoms with Crippen LogP contribution in [0, 0.1) is 5.92 Å². The molecule has 0 spiro atoms. The van der Waals surface area contributed by atoms with E-state index in [0.717, 1.165) is 0 Å².